The third kappa shape index (κ3) is 5.93. The van der Waals surface area contributed by atoms with E-state index in [1.165, 1.54) is 11.9 Å². The fourth-order valence-corrected chi connectivity index (χ4v) is 8.25. The zero-order valence-corrected chi connectivity index (χ0v) is 27.4. The van der Waals surface area contributed by atoms with Gasteiger partial charge in [-0.1, -0.05) is 30.3 Å². The van der Waals surface area contributed by atoms with E-state index < -0.39 is 11.4 Å². The maximum Gasteiger partial charge on any atom is 0.410 e. The summed E-state index contributed by atoms with van der Waals surface area (Å²) in [5.74, 6) is 0.183. The van der Waals surface area contributed by atoms with Gasteiger partial charge in [-0.25, -0.2) is 19.7 Å². The van der Waals surface area contributed by atoms with Crippen molar-refractivity contribution in [1.29, 1.82) is 0 Å². The van der Waals surface area contributed by atoms with Gasteiger partial charge < -0.3 is 29.4 Å². The number of benzene rings is 1. The lowest BCUT2D eigenvalue weighted by Gasteiger charge is -2.38. The van der Waals surface area contributed by atoms with Crippen LogP contribution in [0, 0.1) is 11.8 Å². The number of hydrogen-bond acceptors (Lipinski definition) is 9. The van der Waals surface area contributed by atoms with Crippen LogP contribution in [0.4, 0.5) is 10.6 Å². The van der Waals surface area contributed by atoms with Crippen molar-refractivity contribution in [3.8, 4) is 10.6 Å². The Morgan fingerprint density at radius 2 is 1.93 bits per heavy atom. The molecule has 10 nitrogen and oxygen atoms in total. The molecule has 1 unspecified atom stereocenters. The van der Waals surface area contributed by atoms with Gasteiger partial charge in [0.25, 0.3) is 0 Å². The molecule has 3 aromatic heterocycles. The number of hydrogen-bond donors (Lipinski definition) is 1. The summed E-state index contributed by atoms with van der Waals surface area (Å²) in [4.78, 5) is 29.0. The van der Waals surface area contributed by atoms with E-state index in [0.29, 0.717) is 18.9 Å². The van der Waals surface area contributed by atoms with E-state index in [0.717, 1.165) is 53.0 Å². The number of carbonyl (C=O) groups is 1. The molecule has 11 heteroatoms. The second-order valence-corrected chi connectivity index (χ2v) is 14.9. The van der Waals surface area contributed by atoms with Crippen LogP contribution >= 0.6 is 11.3 Å². The highest BCUT2D eigenvalue weighted by Crippen LogP contribution is 2.52. The molecule has 5 heterocycles. The van der Waals surface area contributed by atoms with Crippen molar-refractivity contribution >= 4 is 34.3 Å². The summed E-state index contributed by atoms with van der Waals surface area (Å²) in [5.41, 5.74) is 9.93. The Morgan fingerprint density at radius 3 is 2.71 bits per heavy atom. The number of nitrogens with zero attached hydrogens (tertiary/aromatic N) is 5. The first-order chi connectivity index (χ1) is 21.5. The van der Waals surface area contributed by atoms with E-state index >= 15 is 0 Å². The molecule has 1 saturated carbocycles. The molecule has 3 fully saturated rings. The van der Waals surface area contributed by atoms with Crippen LogP contribution in [0.5, 0.6) is 0 Å². The number of aromatic nitrogens is 4. The maximum absolute atomic E-state index is 13.0. The van der Waals surface area contributed by atoms with Crippen molar-refractivity contribution in [2.24, 2.45) is 11.8 Å². The van der Waals surface area contributed by atoms with Gasteiger partial charge in [0.2, 0.25) is 0 Å². The first kappa shape index (κ1) is 30.1. The molecular formula is C34H42N6O4S. The van der Waals surface area contributed by atoms with E-state index in [1.807, 2.05) is 45.6 Å². The van der Waals surface area contributed by atoms with Crippen molar-refractivity contribution in [3.05, 3.63) is 59.5 Å². The topological polar surface area (TPSA) is 118 Å². The zero-order chi connectivity index (χ0) is 31.5. The molecule has 3 aliphatic rings. The monoisotopic (exact) mass is 630 g/mol. The number of likely N-dealkylation sites (tertiary alicyclic amines) is 1. The second kappa shape index (κ2) is 11.4. The molecule has 1 aliphatic carbocycles. The number of thiazole rings is 1. The smallest absolute Gasteiger partial charge is 0.410 e. The number of fused-ring (bicyclic) bond motifs is 2. The molecule has 0 spiro atoms. The third-order valence-corrected chi connectivity index (χ3v) is 10.1. The lowest BCUT2D eigenvalue weighted by Crippen LogP contribution is -2.46. The van der Waals surface area contributed by atoms with Gasteiger partial charge >= 0.3 is 6.09 Å². The minimum absolute atomic E-state index is 0.0343. The van der Waals surface area contributed by atoms with Crippen LogP contribution in [0.3, 0.4) is 0 Å². The predicted molar refractivity (Wildman–Crippen MR) is 174 cm³/mol. The SMILES string of the molecule is CC(C)(C)OC(=O)N1CCCC([C@H]2C[C@@H](n3cc(-c4nc(Cc5ccccc5)cs4)c4c(N)ncnc43)[C@@H]3OC(C)(C)O[C@@H]32)C1. The summed E-state index contributed by atoms with van der Waals surface area (Å²) in [5, 5.41) is 3.81. The molecule has 2 saturated heterocycles. The number of anilines is 1. The Kier molecular flexibility index (Phi) is 7.61. The zero-order valence-electron chi connectivity index (χ0n) is 26.6. The second-order valence-electron chi connectivity index (χ2n) is 14.1. The number of carbonyl (C=O) groups excluding carboxylic acids is 1. The Bertz CT molecular complexity index is 1700. The summed E-state index contributed by atoms with van der Waals surface area (Å²) in [6.07, 6.45) is 6.69. The number of ether oxygens (including phenoxy) is 3. The number of rotatable bonds is 5. The number of amides is 1. The van der Waals surface area contributed by atoms with Gasteiger partial charge in [-0.15, -0.1) is 11.3 Å². The molecule has 2 N–H and O–H groups in total. The van der Waals surface area contributed by atoms with Gasteiger partial charge in [0, 0.05) is 36.7 Å². The van der Waals surface area contributed by atoms with E-state index in [9.17, 15) is 4.79 Å². The Hall–Kier alpha value is -3.54. The van der Waals surface area contributed by atoms with Crippen molar-refractivity contribution in [3.63, 3.8) is 0 Å². The fraction of sp³-hybridized carbons (Fsp3) is 0.529. The van der Waals surface area contributed by atoms with Crippen LogP contribution in [-0.2, 0) is 20.6 Å². The first-order valence-electron chi connectivity index (χ1n) is 15.9. The highest BCUT2D eigenvalue weighted by atomic mass is 32.1. The molecule has 1 amide bonds. The van der Waals surface area contributed by atoms with Gasteiger partial charge in [-0.05, 0) is 71.3 Å². The van der Waals surface area contributed by atoms with Gasteiger partial charge in [0.15, 0.2) is 5.79 Å². The van der Waals surface area contributed by atoms with Crippen molar-refractivity contribution in [1.82, 2.24) is 24.4 Å². The van der Waals surface area contributed by atoms with Crippen molar-refractivity contribution < 1.29 is 19.0 Å². The molecule has 7 rings (SSSR count). The molecule has 45 heavy (non-hydrogen) atoms. The number of nitrogens with two attached hydrogens (primary N) is 1. The standard InChI is InChI=1S/C34H42N6O4S/c1-33(2,3)44-32(41)39-13-9-12-21(16-39)23-15-25(28-27(23)42-34(4,5)43-28)40-17-24(26-29(35)36-19-37-30(26)40)31-38-22(18-45-31)14-20-10-7-6-8-11-20/h6-8,10-11,17-19,21,23,25,27-28H,9,12-16H2,1-5H3,(H2,35,36,37)/t21?,23-,25-,27-,28+/m1/s1. The summed E-state index contributed by atoms with van der Waals surface area (Å²) in [6.45, 7) is 11.0. The number of piperidine rings is 1. The molecule has 0 radical (unpaired) electrons. The quantitative estimate of drug-likeness (QED) is 0.267. The maximum atomic E-state index is 13.0. The molecule has 238 valence electrons. The molecule has 5 atom stereocenters. The Balaban J connectivity index is 1.21. The summed E-state index contributed by atoms with van der Waals surface area (Å²) < 4.78 is 21.2. The minimum Gasteiger partial charge on any atom is -0.444 e. The third-order valence-electron chi connectivity index (χ3n) is 9.20. The van der Waals surface area contributed by atoms with E-state index in [2.05, 4.69) is 45.4 Å². The lowest BCUT2D eigenvalue weighted by atomic mass is 9.83. The van der Waals surface area contributed by atoms with Crippen LogP contribution in [-0.4, -0.2) is 67.2 Å². The van der Waals surface area contributed by atoms with Gasteiger partial charge in [-0.3, -0.25) is 0 Å². The largest absolute Gasteiger partial charge is 0.444 e. The molecule has 1 aromatic carbocycles. The van der Waals surface area contributed by atoms with Crippen molar-refractivity contribution in [2.45, 2.75) is 89.9 Å². The molecular weight excluding hydrogens is 588 g/mol. The molecule has 2 aliphatic heterocycles. The van der Waals surface area contributed by atoms with Crippen LogP contribution in [0.2, 0.25) is 0 Å². The lowest BCUT2D eigenvalue weighted by molar-refractivity contribution is -0.163. The van der Waals surface area contributed by atoms with Gasteiger partial charge in [0.1, 0.15) is 34.5 Å². The van der Waals surface area contributed by atoms with Gasteiger partial charge in [0.05, 0.1) is 23.2 Å². The fourth-order valence-electron chi connectivity index (χ4n) is 7.42. The predicted octanol–water partition coefficient (Wildman–Crippen LogP) is 6.46. The van der Waals surface area contributed by atoms with E-state index in [-0.39, 0.29) is 36.2 Å². The van der Waals surface area contributed by atoms with E-state index in [4.69, 9.17) is 29.9 Å². The van der Waals surface area contributed by atoms with Crippen LogP contribution in [0.25, 0.3) is 21.6 Å². The molecule has 0 bridgehead atoms. The Morgan fingerprint density at radius 1 is 1.16 bits per heavy atom. The summed E-state index contributed by atoms with van der Waals surface area (Å²) >= 11 is 1.61. The number of nitrogen functional groups attached to an aromatic ring is 1. The average molecular weight is 631 g/mol. The van der Waals surface area contributed by atoms with Crippen LogP contribution < -0.4 is 5.73 Å². The van der Waals surface area contributed by atoms with Crippen LogP contribution in [0.15, 0.2) is 48.2 Å². The normalized spacial score (nSPS) is 26.3. The van der Waals surface area contributed by atoms with Crippen LogP contribution in [0.1, 0.15) is 71.2 Å². The molecule has 4 aromatic rings. The Labute approximate surface area is 267 Å². The average Bonchev–Trinajstić information content (AvgIpc) is 3.75. The summed E-state index contributed by atoms with van der Waals surface area (Å²) in [6, 6.07) is 10.3. The minimum atomic E-state index is -0.715. The first-order valence-corrected chi connectivity index (χ1v) is 16.8. The van der Waals surface area contributed by atoms with Gasteiger partial charge in [-0.2, -0.15) is 0 Å². The highest BCUT2D eigenvalue weighted by molar-refractivity contribution is 7.13. The summed E-state index contributed by atoms with van der Waals surface area (Å²) in [7, 11) is 0. The van der Waals surface area contributed by atoms with Crippen molar-refractivity contribution in [2.75, 3.05) is 18.8 Å². The highest BCUT2D eigenvalue weighted by Gasteiger charge is 2.57. The van der Waals surface area contributed by atoms with E-state index in [1.54, 1.807) is 11.3 Å².